The Balaban J connectivity index is 1.39. The molecular weight excluding hydrogens is 576 g/mol. The number of sulfonamides is 1. The minimum atomic E-state index is -3.22. The van der Waals surface area contributed by atoms with Crippen LogP contribution in [0.3, 0.4) is 0 Å². The Morgan fingerprint density at radius 2 is 1.82 bits per heavy atom. The number of aryl methyl sites for hydroxylation is 1. The molecule has 0 saturated carbocycles. The lowest BCUT2D eigenvalue weighted by molar-refractivity contribution is 0.0939. The van der Waals surface area contributed by atoms with Gasteiger partial charge in [0.1, 0.15) is 5.56 Å². The van der Waals surface area contributed by atoms with E-state index in [4.69, 9.17) is 0 Å². The van der Waals surface area contributed by atoms with Crippen LogP contribution in [0.2, 0.25) is 0 Å². The summed E-state index contributed by atoms with van der Waals surface area (Å²) >= 11 is 0. The van der Waals surface area contributed by atoms with Gasteiger partial charge in [-0.05, 0) is 62.4 Å². The fourth-order valence-electron chi connectivity index (χ4n) is 5.77. The van der Waals surface area contributed by atoms with E-state index in [1.165, 1.54) is 10.6 Å². The number of nitrogens with zero attached hydrogens (tertiary/aromatic N) is 5. The summed E-state index contributed by atoms with van der Waals surface area (Å²) in [5, 5.41) is 8.67. The Labute approximate surface area is 255 Å². The molecule has 1 aliphatic heterocycles. The maximum atomic E-state index is 14.3. The van der Waals surface area contributed by atoms with Crippen LogP contribution < -0.4 is 10.9 Å². The molecule has 0 spiro atoms. The number of hydrogen-bond donors (Lipinski definition) is 1. The average molecular weight is 609 g/mol. The average Bonchev–Trinajstić information content (AvgIpc) is 3.35. The highest BCUT2D eigenvalue weighted by atomic mass is 32.2. The summed E-state index contributed by atoms with van der Waals surface area (Å²) in [5.74, 6) is 6.23. The monoisotopic (exact) mass is 608 g/mol. The second-order valence-corrected chi connectivity index (χ2v) is 13.0. The largest absolute Gasteiger partial charge is 0.344 e. The zero-order valence-electron chi connectivity index (χ0n) is 24.7. The van der Waals surface area contributed by atoms with Gasteiger partial charge >= 0.3 is 0 Å². The van der Waals surface area contributed by atoms with E-state index in [9.17, 15) is 18.0 Å². The van der Waals surface area contributed by atoms with E-state index in [0.29, 0.717) is 70.6 Å². The maximum absolute atomic E-state index is 14.3. The fourth-order valence-corrected chi connectivity index (χ4v) is 6.64. The van der Waals surface area contributed by atoms with Crippen molar-refractivity contribution in [3.05, 3.63) is 106 Å². The quantitative estimate of drug-likeness (QED) is 0.303. The van der Waals surface area contributed by atoms with Crippen molar-refractivity contribution >= 4 is 32.4 Å². The molecule has 4 heterocycles. The molecule has 11 heteroatoms. The van der Waals surface area contributed by atoms with Crippen LogP contribution >= 0.6 is 0 Å². The number of nitrogens with one attached hydrogen (secondary N) is 1. The SMILES string of the molecule is Cc1nn2cccnc2c1C(=O)NC(C)c1cc2cccc(C#CC3CCN(S(C)(=O)=O)CC3)c2c(=O)n1-c1ccccc1. The standard InChI is InChI=1S/C33H32N6O4S/c1-22(35-32(40)29-23(2)36-38-18-8-17-34-31(29)38)28-21-26-10-7-9-25(14-13-24-15-19-37(20-16-24)44(3,42)43)30(26)33(41)39(28)27-11-5-4-6-12-27/h4-12,17-18,21-22,24H,15-16,19-20H2,1-3H3,(H,35,40). The first-order valence-corrected chi connectivity index (χ1v) is 16.3. The lowest BCUT2D eigenvalue weighted by Gasteiger charge is -2.27. The summed E-state index contributed by atoms with van der Waals surface area (Å²) < 4.78 is 28.5. The molecule has 1 aliphatic rings. The molecule has 1 N–H and O–H groups in total. The number of pyridine rings is 1. The van der Waals surface area contributed by atoms with Gasteiger partial charge in [-0.25, -0.2) is 22.2 Å². The van der Waals surface area contributed by atoms with E-state index < -0.39 is 16.1 Å². The lowest BCUT2D eigenvalue weighted by atomic mass is 9.97. The van der Waals surface area contributed by atoms with Gasteiger partial charge in [-0.1, -0.05) is 42.2 Å². The Hall–Kier alpha value is -4.79. The highest BCUT2D eigenvalue weighted by molar-refractivity contribution is 7.88. The first-order valence-electron chi connectivity index (χ1n) is 14.4. The Bertz CT molecular complexity index is 2120. The van der Waals surface area contributed by atoms with Crippen LogP contribution in [0.5, 0.6) is 0 Å². The fraction of sp³-hybridized carbons (Fsp3) is 0.273. The van der Waals surface area contributed by atoms with Gasteiger partial charge in [0, 0.05) is 48.3 Å². The van der Waals surface area contributed by atoms with E-state index in [1.807, 2.05) is 61.5 Å². The minimum Gasteiger partial charge on any atom is -0.344 e. The van der Waals surface area contributed by atoms with Gasteiger partial charge in [0.05, 0.1) is 23.4 Å². The molecule has 5 aromatic rings. The van der Waals surface area contributed by atoms with E-state index in [1.54, 1.807) is 34.5 Å². The zero-order valence-corrected chi connectivity index (χ0v) is 25.5. The number of piperidine rings is 1. The second-order valence-electron chi connectivity index (χ2n) is 11.1. The van der Waals surface area contributed by atoms with E-state index in [-0.39, 0.29) is 17.4 Å². The first-order chi connectivity index (χ1) is 21.1. The van der Waals surface area contributed by atoms with Gasteiger partial charge in [0.2, 0.25) is 10.0 Å². The van der Waals surface area contributed by atoms with Crippen molar-refractivity contribution in [2.45, 2.75) is 32.7 Å². The molecule has 1 unspecified atom stereocenters. The lowest BCUT2D eigenvalue weighted by Crippen LogP contribution is -2.37. The van der Waals surface area contributed by atoms with Gasteiger partial charge in [-0.15, -0.1) is 0 Å². The molecule has 0 bridgehead atoms. The smallest absolute Gasteiger partial charge is 0.264 e. The third-order valence-corrected chi connectivity index (χ3v) is 9.32. The van der Waals surface area contributed by atoms with Gasteiger partial charge in [0.25, 0.3) is 11.5 Å². The van der Waals surface area contributed by atoms with Crippen molar-refractivity contribution in [2.24, 2.45) is 5.92 Å². The molecule has 10 nitrogen and oxygen atoms in total. The van der Waals surface area contributed by atoms with Crippen LogP contribution in [0.1, 0.15) is 53.1 Å². The number of rotatable bonds is 5. The van der Waals surface area contributed by atoms with E-state index in [0.717, 1.165) is 0 Å². The van der Waals surface area contributed by atoms with Crippen molar-refractivity contribution < 1.29 is 13.2 Å². The topological polar surface area (TPSA) is 119 Å². The third kappa shape index (κ3) is 5.62. The second kappa shape index (κ2) is 11.7. The van der Waals surface area contributed by atoms with Gasteiger partial charge in [0.15, 0.2) is 5.65 Å². The molecule has 44 heavy (non-hydrogen) atoms. The van der Waals surface area contributed by atoms with Crippen molar-refractivity contribution in [3.8, 4) is 17.5 Å². The predicted molar refractivity (Wildman–Crippen MR) is 169 cm³/mol. The van der Waals surface area contributed by atoms with Crippen LogP contribution in [0.15, 0.2) is 77.9 Å². The summed E-state index contributed by atoms with van der Waals surface area (Å²) in [6.45, 7) is 4.49. The van der Waals surface area contributed by atoms with Gasteiger partial charge in [-0.2, -0.15) is 5.10 Å². The molecule has 1 saturated heterocycles. The molecule has 6 rings (SSSR count). The number of fused-ring (bicyclic) bond motifs is 2. The number of carbonyl (C=O) groups is 1. The number of amides is 1. The van der Waals surface area contributed by atoms with Gasteiger partial charge in [-0.3, -0.25) is 14.2 Å². The number of hydrogen-bond acceptors (Lipinski definition) is 6. The van der Waals surface area contributed by atoms with Crippen LogP contribution in [-0.4, -0.2) is 57.1 Å². The summed E-state index contributed by atoms with van der Waals surface area (Å²) in [7, 11) is -3.22. The van der Waals surface area contributed by atoms with E-state index in [2.05, 4.69) is 27.2 Å². The summed E-state index contributed by atoms with van der Waals surface area (Å²) in [6, 6.07) is 18.0. The van der Waals surface area contributed by atoms with Crippen molar-refractivity contribution in [3.63, 3.8) is 0 Å². The Morgan fingerprint density at radius 1 is 1.07 bits per heavy atom. The minimum absolute atomic E-state index is 0.0342. The molecule has 3 aromatic heterocycles. The highest BCUT2D eigenvalue weighted by Gasteiger charge is 2.25. The molecule has 1 amide bonds. The normalized spacial score (nSPS) is 15.2. The molecule has 0 radical (unpaired) electrons. The third-order valence-electron chi connectivity index (χ3n) is 8.01. The van der Waals surface area contributed by atoms with Gasteiger partial charge < -0.3 is 5.32 Å². The Kier molecular flexibility index (Phi) is 7.80. The zero-order chi connectivity index (χ0) is 31.0. The molecule has 2 aromatic carbocycles. The number of carbonyl (C=O) groups excluding carboxylic acids is 1. The predicted octanol–water partition coefficient (Wildman–Crippen LogP) is 3.86. The molecular formula is C33H32N6O4S. The Morgan fingerprint density at radius 3 is 2.55 bits per heavy atom. The summed E-state index contributed by atoms with van der Waals surface area (Å²) in [6.07, 6.45) is 5.87. The highest BCUT2D eigenvalue weighted by Crippen LogP contribution is 2.25. The summed E-state index contributed by atoms with van der Waals surface area (Å²) in [5.41, 5.74) is 3.04. The molecule has 0 aliphatic carbocycles. The van der Waals surface area contributed by atoms with Crippen LogP contribution in [0.4, 0.5) is 0 Å². The van der Waals surface area contributed by atoms with E-state index >= 15 is 0 Å². The maximum Gasteiger partial charge on any atom is 0.264 e. The molecule has 224 valence electrons. The first kappa shape index (κ1) is 29.3. The number of para-hydroxylation sites is 1. The van der Waals surface area contributed by atoms with Crippen molar-refractivity contribution in [1.29, 1.82) is 0 Å². The number of benzene rings is 2. The van der Waals surface area contributed by atoms with Crippen molar-refractivity contribution in [1.82, 2.24) is 28.8 Å². The number of aromatic nitrogens is 4. The summed E-state index contributed by atoms with van der Waals surface area (Å²) in [4.78, 5) is 32.2. The van der Waals surface area contributed by atoms with Crippen LogP contribution in [-0.2, 0) is 10.0 Å². The van der Waals surface area contributed by atoms with Crippen molar-refractivity contribution in [2.75, 3.05) is 19.3 Å². The molecule has 1 atom stereocenters. The van der Waals surface area contributed by atoms with Crippen LogP contribution in [0, 0.1) is 24.7 Å². The van der Waals surface area contributed by atoms with Crippen LogP contribution in [0.25, 0.3) is 22.1 Å². The molecule has 1 fully saturated rings.